The van der Waals surface area contributed by atoms with Gasteiger partial charge in [-0.25, -0.2) is 4.79 Å². The molecule has 2 aromatic rings. The smallest absolute Gasteiger partial charge is 0.336 e. The third-order valence-corrected chi connectivity index (χ3v) is 7.13. The van der Waals surface area contributed by atoms with Crippen LogP contribution in [0.1, 0.15) is 49.7 Å². The molecular weight excluding hydrogens is 502 g/mol. The molecule has 2 aromatic carbocycles. The highest BCUT2D eigenvalue weighted by Crippen LogP contribution is 2.47. The molecule has 208 valence electrons. The van der Waals surface area contributed by atoms with E-state index in [4.69, 9.17) is 23.7 Å². The van der Waals surface area contributed by atoms with Gasteiger partial charge in [-0.15, -0.1) is 0 Å². The zero-order valence-electron chi connectivity index (χ0n) is 23.0. The van der Waals surface area contributed by atoms with Gasteiger partial charge in [0.2, 0.25) is 0 Å². The maximum atomic E-state index is 13.8. The van der Waals surface area contributed by atoms with Crippen LogP contribution in [-0.4, -0.2) is 58.0 Å². The van der Waals surface area contributed by atoms with E-state index in [1.165, 1.54) is 13.2 Å². The van der Waals surface area contributed by atoms with E-state index in [2.05, 4.69) is 5.32 Å². The van der Waals surface area contributed by atoms with Crippen molar-refractivity contribution in [3.63, 3.8) is 0 Å². The number of benzene rings is 2. The zero-order valence-corrected chi connectivity index (χ0v) is 23.0. The lowest BCUT2D eigenvalue weighted by Gasteiger charge is -2.37. The van der Waals surface area contributed by atoms with Gasteiger partial charge in [0.15, 0.2) is 28.8 Å². The summed E-state index contributed by atoms with van der Waals surface area (Å²) in [7, 11) is 4.62. The number of Topliss-reactive ketones (excluding diaryl/α,β-unsaturated/α-hetero) is 1. The van der Waals surface area contributed by atoms with Gasteiger partial charge >= 0.3 is 5.97 Å². The fourth-order valence-corrected chi connectivity index (χ4v) is 5.29. The second-order valence-electron chi connectivity index (χ2n) is 9.40. The molecule has 1 aliphatic carbocycles. The van der Waals surface area contributed by atoms with Gasteiger partial charge in [-0.1, -0.05) is 12.1 Å². The number of aromatic hydroxyl groups is 1. The number of nitrogens with one attached hydrogen (secondary N) is 1. The van der Waals surface area contributed by atoms with Gasteiger partial charge < -0.3 is 34.1 Å². The summed E-state index contributed by atoms with van der Waals surface area (Å²) in [6.45, 7) is 4.54. The summed E-state index contributed by atoms with van der Waals surface area (Å²) < 4.78 is 26.9. The van der Waals surface area contributed by atoms with Gasteiger partial charge in [0.05, 0.1) is 33.5 Å². The maximum Gasteiger partial charge on any atom is 0.336 e. The maximum absolute atomic E-state index is 13.8. The first-order chi connectivity index (χ1) is 18.8. The van der Waals surface area contributed by atoms with Crippen molar-refractivity contribution in [1.29, 1.82) is 0 Å². The number of rotatable bonds is 10. The average Bonchev–Trinajstić information content (AvgIpc) is 2.93. The molecule has 0 spiro atoms. The van der Waals surface area contributed by atoms with Crippen molar-refractivity contribution in [3.05, 3.63) is 70.1 Å². The van der Waals surface area contributed by atoms with Gasteiger partial charge in [0, 0.05) is 35.9 Å². The van der Waals surface area contributed by atoms with Crippen LogP contribution in [0.15, 0.2) is 58.9 Å². The molecule has 0 bridgehead atoms. The predicted octanol–water partition coefficient (Wildman–Crippen LogP) is 4.36. The normalized spacial score (nSPS) is 18.8. The van der Waals surface area contributed by atoms with Crippen molar-refractivity contribution in [1.82, 2.24) is 5.32 Å². The van der Waals surface area contributed by atoms with Crippen LogP contribution in [0.25, 0.3) is 0 Å². The summed E-state index contributed by atoms with van der Waals surface area (Å²) in [4.78, 5) is 27.2. The lowest BCUT2D eigenvalue weighted by molar-refractivity contribution is -0.140. The van der Waals surface area contributed by atoms with Crippen LogP contribution in [0, 0.1) is 0 Å². The average molecular weight is 538 g/mol. The second kappa shape index (κ2) is 12.3. The summed E-state index contributed by atoms with van der Waals surface area (Å²) in [5, 5.41) is 13.9. The van der Waals surface area contributed by atoms with Crippen LogP contribution in [-0.2, 0) is 19.1 Å². The Morgan fingerprint density at radius 2 is 1.64 bits per heavy atom. The molecule has 0 radical (unpaired) electrons. The van der Waals surface area contributed by atoms with Crippen LogP contribution < -0.4 is 19.5 Å². The minimum atomic E-state index is -0.712. The molecule has 1 heterocycles. The molecule has 1 aliphatic heterocycles. The first-order valence-electron chi connectivity index (χ1n) is 12.9. The molecule has 0 amide bonds. The third kappa shape index (κ3) is 5.73. The van der Waals surface area contributed by atoms with E-state index in [1.807, 2.05) is 25.1 Å². The number of phenolic OH excluding ortho intramolecular Hbond substituents is 1. The highest BCUT2D eigenvalue weighted by Gasteiger charge is 2.41. The van der Waals surface area contributed by atoms with Crippen LogP contribution in [0.4, 0.5) is 0 Å². The van der Waals surface area contributed by atoms with Gasteiger partial charge in [-0.3, -0.25) is 4.79 Å². The molecule has 0 saturated carbocycles. The molecule has 9 nitrogen and oxygen atoms in total. The summed E-state index contributed by atoms with van der Waals surface area (Å²) in [6.07, 6.45) is 0.805. The Morgan fingerprint density at radius 1 is 0.949 bits per heavy atom. The predicted molar refractivity (Wildman–Crippen MR) is 144 cm³/mol. The van der Waals surface area contributed by atoms with Gasteiger partial charge in [0.25, 0.3) is 0 Å². The third-order valence-electron chi connectivity index (χ3n) is 7.13. The van der Waals surface area contributed by atoms with Crippen LogP contribution >= 0.6 is 0 Å². The summed E-state index contributed by atoms with van der Waals surface area (Å²) in [6, 6.07) is 10.6. The number of methoxy groups -OCH3 is 3. The lowest BCUT2D eigenvalue weighted by Crippen LogP contribution is -2.36. The Kier molecular flexibility index (Phi) is 8.81. The summed E-state index contributed by atoms with van der Waals surface area (Å²) >= 11 is 0. The highest BCUT2D eigenvalue weighted by atomic mass is 16.6. The number of hydrogen-bond acceptors (Lipinski definition) is 9. The number of ether oxygens (including phenoxy) is 5. The van der Waals surface area contributed by atoms with E-state index >= 15 is 0 Å². The molecule has 0 saturated heterocycles. The standard InChI is InChI=1S/C30H35NO8/c1-6-38-11-12-39-30(34)27-17(2)31-21-13-20(18-7-10-25(36-4)26(16-18)37-5)15-23(33)29(21)28(27)19-8-9-24(35-3)22(32)14-19/h7-10,14,16,20,28,31-32H,6,11-13,15H2,1-5H3/t20-,28+/m0/s1. The SMILES string of the molecule is CCOCCOC(=O)C1=C(C)NC2=C(C(=O)C[C@@H](c3ccc(OC)c(OC)c3)C2)[C@@H]1c1ccc(OC)c(O)c1. The number of dihydropyridines is 1. The fraction of sp³-hybridized carbons (Fsp3) is 0.400. The number of allylic oxidation sites excluding steroid dienone is 3. The monoisotopic (exact) mass is 537 g/mol. The van der Waals surface area contributed by atoms with Crippen LogP contribution in [0.3, 0.4) is 0 Å². The van der Waals surface area contributed by atoms with E-state index in [0.29, 0.717) is 52.7 Å². The minimum Gasteiger partial charge on any atom is -0.504 e. The molecule has 2 atom stereocenters. The molecule has 4 rings (SSSR count). The lowest BCUT2D eigenvalue weighted by atomic mass is 9.71. The first-order valence-corrected chi connectivity index (χ1v) is 12.9. The molecule has 0 fully saturated rings. The van der Waals surface area contributed by atoms with Crippen LogP contribution in [0.5, 0.6) is 23.0 Å². The molecule has 0 aromatic heterocycles. The van der Waals surface area contributed by atoms with Crippen molar-refractivity contribution in [2.75, 3.05) is 41.2 Å². The Hall–Kier alpha value is -3.98. The Morgan fingerprint density at radius 3 is 2.31 bits per heavy atom. The molecule has 39 heavy (non-hydrogen) atoms. The minimum absolute atomic E-state index is 0.0798. The van der Waals surface area contributed by atoms with Gasteiger partial charge in [-0.2, -0.15) is 0 Å². The Bertz CT molecular complexity index is 1310. The number of carbonyl (C=O) groups is 2. The number of ketones is 1. The largest absolute Gasteiger partial charge is 0.504 e. The van der Waals surface area contributed by atoms with E-state index in [-0.39, 0.29) is 37.1 Å². The van der Waals surface area contributed by atoms with Crippen molar-refractivity contribution < 1.29 is 38.4 Å². The number of carbonyl (C=O) groups excluding carboxylic acids is 2. The number of phenols is 1. The molecule has 9 heteroatoms. The van der Waals surface area contributed by atoms with Crippen molar-refractivity contribution in [2.45, 2.75) is 38.5 Å². The molecule has 2 aliphatic rings. The van der Waals surface area contributed by atoms with Gasteiger partial charge in [-0.05, 0) is 61.6 Å². The van der Waals surface area contributed by atoms with Crippen LogP contribution in [0.2, 0.25) is 0 Å². The van der Waals surface area contributed by atoms with Crippen molar-refractivity contribution in [3.8, 4) is 23.0 Å². The van der Waals surface area contributed by atoms with E-state index in [9.17, 15) is 14.7 Å². The summed E-state index contributed by atoms with van der Waals surface area (Å²) in [5.74, 6) is -0.00566. The molecular formula is C30H35NO8. The van der Waals surface area contributed by atoms with E-state index < -0.39 is 11.9 Å². The zero-order chi connectivity index (χ0) is 28.1. The van der Waals surface area contributed by atoms with Crippen molar-refractivity contribution >= 4 is 11.8 Å². The quantitative estimate of drug-likeness (QED) is 0.337. The Labute approximate surface area is 228 Å². The van der Waals surface area contributed by atoms with Crippen molar-refractivity contribution in [2.24, 2.45) is 0 Å². The molecule has 2 N–H and O–H groups in total. The molecule has 0 unspecified atom stereocenters. The number of hydrogen-bond donors (Lipinski definition) is 2. The second-order valence-corrected chi connectivity index (χ2v) is 9.40. The van der Waals surface area contributed by atoms with E-state index in [0.717, 1.165) is 11.3 Å². The Balaban J connectivity index is 1.74. The number of esters is 1. The first kappa shape index (κ1) is 28.0. The highest BCUT2D eigenvalue weighted by molar-refractivity contribution is 6.04. The van der Waals surface area contributed by atoms with Gasteiger partial charge in [0.1, 0.15) is 6.61 Å². The van der Waals surface area contributed by atoms with E-state index in [1.54, 1.807) is 33.3 Å². The fourth-order valence-electron chi connectivity index (χ4n) is 5.29. The topological polar surface area (TPSA) is 113 Å². The summed E-state index contributed by atoms with van der Waals surface area (Å²) in [5.41, 5.74) is 3.71.